The molecule has 0 saturated carbocycles. The summed E-state index contributed by atoms with van der Waals surface area (Å²) in [5.74, 6) is 0.269. The van der Waals surface area contributed by atoms with Crippen LogP contribution in [0.1, 0.15) is 16.1 Å². The number of carbonyl (C=O) groups is 1. The Labute approximate surface area is 112 Å². The van der Waals surface area contributed by atoms with Gasteiger partial charge in [-0.25, -0.2) is 4.79 Å². The Morgan fingerprint density at radius 1 is 1.15 bits per heavy atom. The number of carboxylic acids is 1. The quantitative estimate of drug-likeness (QED) is 0.780. The van der Waals surface area contributed by atoms with Crippen LogP contribution in [0.2, 0.25) is 0 Å². The zero-order valence-electron chi connectivity index (χ0n) is 10.4. The molecule has 100 valence electrons. The standard InChI is InChI=1S/C13H9N3O4/c1-7-6-10(15-19-7)12-14-11(16-20-12)8-2-4-9(5-3-8)13(17)18/h2-6H,1H3,(H,17,18). The Balaban J connectivity index is 1.91. The molecule has 1 aromatic carbocycles. The van der Waals surface area contributed by atoms with Crippen molar-refractivity contribution in [2.75, 3.05) is 0 Å². The van der Waals surface area contributed by atoms with Crippen molar-refractivity contribution in [1.82, 2.24) is 15.3 Å². The molecule has 1 N–H and O–H groups in total. The fourth-order valence-electron chi connectivity index (χ4n) is 1.67. The van der Waals surface area contributed by atoms with Crippen LogP contribution in [-0.4, -0.2) is 26.4 Å². The van der Waals surface area contributed by atoms with E-state index in [4.69, 9.17) is 14.2 Å². The van der Waals surface area contributed by atoms with Gasteiger partial charge in [-0.3, -0.25) is 0 Å². The van der Waals surface area contributed by atoms with Crippen molar-refractivity contribution in [2.45, 2.75) is 6.92 Å². The summed E-state index contributed by atoms with van der Waals surface area (Å²) < 4.78 is 10.0. The van der Waals surface area contributed by atoms with Crippen molar-refractivity contribution in [3.05, 3.63) is 41.7 Å². The Bertz CT molecular complexity index is 758. The summed E-state index contributed by atoms with van der Waals surface area (Å²) in [6.45, 7) is 1.76. The molecule has 0 atom stereocenters. The molecule has 0 aliphatic heterocycles. The lowest BCUT2D eigenvalue weighted by atomic mass is 10.1. The van der Waals surface area contributed by atoms with Crippen LogP contribution in [0.5, 0.6) is 0 Å². The number of aromatic nitrogens is 3. The molecule has 0 radical (unpaired) electrons. The number of carboxylic acid groups (broad SMARTS) is 1. The minimum absolute atomic E-state index is 0.199. The zero-order valence-corrected chi connectivity index (χ0v) is 10.4. The summed E-state index contributed by atoms with van der Waals surface area (Å²) in [5, 5.41) is 16.4. The van der Waals surface area contributed by atoms with Crippen molar-refractivity contribution >= 4 is 5.97 Å². The van der Waals surface area contributed by atoms with E-state index in [1.165, 1.54) is 12.1 Å². The maximum atomic E-state index is 10.8. The van der Waals surface area contributed by atoms with E-state index in [0.717, 1.165) is 0 Å². The number of hydrogen-bond acceptors (Lipinski definition) is 6. The summed E-state index contributed by atoms with van der Waals surface area (Å²) in [6, 6.07) is 7.88. The van der Waals surface area contributed by atoms with Crippen molar-refractivity contribution in [1.29, 1.82) is 0 Å². The molecule has 0 aliphatic rings. The van der Waals surface area contributed by atoms with Gasteiger partial charge in [0.1, 0.15) is 5.76 Å². The highest BCUT2D eigenvalue weighted by atomic mass is 16.5. The van der Waals surface area contributed by atoms with Gasteiger partial charge in [0.25, 0.3) is 5.89 Å². The molecule has 3 rings (SSSR count). The van der Waals surface area contributed by atoms with Gasteiger partial charge in [0.05, 0.1) is 5.56 Å². The van der Waals surface area contributed by atoms with Crippen LogP contribution >= 0.6 is 0 Å². The molecule has 0 unspecified atom stereocenters. The van der Waals surface area contributed by atoms with Crippen LogP contribution in [0.15, 0.2) is 39.4 Å². The average molecular weight is 271 g/mol. The van der Waals surface area contributed by atoms with E-state index in [2.05, 4.69) is 15.3 Å². The number of nitrogens with zero attached hydrogens (tertiary/aromatic N) is 3. The number of rotatable bonds is 3. The minimum atomic E-state index is -0.983. The largest absolute Gasteiger partial charge is 0.478 e. The van der Waals surface area contributed by atoms with Crippen LogP contribution < -0.4 is 0 Å². The predicted octanol–water partition coefficient (Wildman–Crippen LogP) is 2.40. The topological polar surface area (TPSA) is 102 Å². The Kier molecular flexibility index (Phi) is 2.79. The SMILES string of the molecule is Cc1cc(-c2nc(-c3ccc(C(=O)O)cc3)no2)no1. The zero-order chi connectivity index (χ0) is 14.1. The molecule has 7 heteroatoms. The first-order valence-corrected chi connectivity index (χ1v) is 5.74. The van der Waals surface area contributed by atoms with Crippen molar-refractivity contribution in [3.8, 4) is 23.0 Å². The number of benzene rings is 1. The highest BCUT2D eigenvalue weighted by Gasteiger charge is 2.14. The summed E-state index contributed by atoms with van der Waals surface area (Å²) in [6.07, 6.45) is 0. The maximum Gasteiger partial charge on any atom is 0.335 e. The molecule has 0 spiro atoms. The van der Waals surface area contributed by atoms with Crippen LogP contribution in [0, 0.1) is 6.92 Å². The number of aryl methyl sites for hydroxylation is 1. The molecule has 7 nitrogen and oxygen atoms in total. The second kappa shape index (κ2) is 4.61. The van der Waals surface area contributed by atoms with Gasteiger partial charge in [-0.15, -0.1) is 0 Å². The van der Waals surface area contributed by atoms with Crippen molar-refractivity contribution < 1.29 is 18.9 Å². The van der Waals surface area contributed by atoms with Crippen LogP contribution in [-0.2, 0) is 0 Å². The molecule has 0 saturated heterocycles. The minimum Gasteiger partial charge on any atom is -0.478 e. The molecule has 0 fully saturated rings. The van der Waals surface area contributed by atoms with Gasteiger partial charge in [0.2, 0.25) is 5.82 Å². The summed E-state index contributed by atoms with van der Waals surface area (Å²) in [5.41, 5.74) is 1.32. The molecule has 0 amide bonds. The average Bonchev–Trinajstić information content (AvgIpc) is 3.07. The van der Waals surface area contributed by atoms with Gasteiger partial charge in [-0.05, 0) is 19.1 Å². The molecular formula is C13H9N3O4. The second-order valence-corrected chi connectivity index (χ2v) is 4.13. The van der Waals surface area contributed by atoms with E-state index >= 15 is 0 Å². The van der Waals surface area contributed by atoms with Gasteiger partial charge < -0.3 is 14.2 Å². The Morgan fingerprint density at radius 2 is 1.90 bits per heavy atom. The Hall–Kier alpha value is -2.96. The molecule has 20 heavy (non-hydrogen) atoms. The Morgan fingerprint density at radius 3 is 2.50 bits per heavy atom. The van der Waals surface area contributed by atoms with Crippen molar-refractivity contribution in [3.63, 3.8) is 0 Å². The van der Waals surface area contributed by atoms with E-state index in [0.29, 0.717) is 22.8 Å². The van der Waals surface area contributed by atoms with E-state index in [9.17, 15) is 4.79 Å². The first-order chi connectivity index (χ1) is 9.63. The second-order valence-electron chi connectivity index (χ2n) is 4.13. The van der Waals surface area contributed by atoms with E-state index in [1.54, 1.807) is 25.1 Å². The summed E-state index contributed by atoms with van der Waals surface area (Å²) in [7, 11) is 0. The molecule has 3 aromatic rings. The normalized spacial score (nSPS) is 10.7. The smallest absolute Gasteiger partial charge is 0.335 e. The third kappa shape index (κ3) is 2.16. The van der Waals surface area contributed by atoms with Crippen LogP contribution in [0.3, 0.4) is 0 Å². The van der Waals surface area contributed by atoms with Gasteiger partial charge in [0, 0.05) is 11.6 Å². The first-order valence-electron chi connectivity index (χ1n) is 5.74. The summed E-state index contributed by atoms with van der Waals surface area (Å²) in [4.78, 5) is 15.0. The fraction of sp³-hybridized carbons (Fsp3) is 0.0769. The number of aromatic carboxylic acids is 1. The monoisotopic (exact) mass is 271 g/mol. The van der Waals surface area contributed by atoms with Gasteiger partial charge >= 0.3 is 5.97 Å². The fourth-order valence-corrected chi connectivity index (χ4v) is 1.67. The van der Waals surface area contributed by atoms with Crippen LogP contribution in [0.25, 0.3) is 23.0 Å². The van der Waals surface area contributed by atoms with E-state index in [-0.39, 0.29) is 11.5 Å². The first kappa shape index (κ1) is 12.1. The van der Waals surface area contributed by atoms with E-state index < -0.39 is 5.97 Å². The van der Waals surface area contributed by atoms with E-state index in [1.807, 2.05) is 0 Å². The van der Waals surface area contributed by atoms with Crippen LogP contribution in [0.4, 0.5) is 0 Å². The molecule has 2 aromatic heterocycles. The lowest BCUT2D eigenvalue weighted by molar-refractivity contribution is 0.0697. The highest BCUT2D eigenvalue weighted by Crippen LogP contribution is 2.22. The highest BCUT2D eigenvalue weighted by molar-refractivity contribution is 5.88. The number of hydrogen-bond donors (Lipinski definition) is 1. The third-order valence-electron chi connectivity index (χ3n) is 2.66. The third-order valence-corrected chi connectivity index (χ3v) is 2.66. The van der Waals surface area contributed by atoms with Crippen molar-refractivity contribution in [2.24, 2.45) is 0 Å². The summed E-state index contributed by atoms with van der Waals surface area (Å²) >= 11 is 0. The lowest BCUT2D eigenvalue weighted by Crippen LogP contribution is -1.95. The molecular weight excluding hydrogens is 262 g/mol. The molecule has 0 aliphatic carbocycles. The van der Waals surface area contributed by atoms with Gasteiger partial charge in [-0.2, -0.15) is 4.98 Å². The molecule has 0 bridgehead atoms. The van der Waals surface area contributed by atoms with Gasteiger partial charge in [0.15, 0.2) is 5.69 Å². The maximum absolute atomic E-state index is 10.8. The predicted molar refractivity (Wildman–Crippen MR) is 66.9 cm³/mol. The molecule has 2 heterocycles. The lowest BCUT2D eigenvalue weighted by Gasteiger charge is -1.95. The van der Waals surface area contributed by atoms with Gasteiger partial charge in [-0.1, -0.05) is 22.4 Å².